The number of aromatic nitrogens is 2. The molecule has 0 fully saturated rings. The topological polar surface area (TPSA) is 46.9 Å². The first-order chi connectivity index (χ1) is 11.3. The number of hydrogen-bond acceptors (Lipinski definition) is 2. The monoisotopic (exact) mass is 305 g/mol. The normalized spacial score (nSPS) is 10.4. The first kappa shape index (κ1) is 15.0. The Morgan fingerprint density at radius 1 is 1.00 bits per heavy atom. The van der Waals surface area contributed by atoms with Crippen LogP contribution in [-0.4, -0.2) is 15.7 Å². The van der Waals surface area contributed by atoms with Crippen LogP contribution in [0, 0.1) is 0 Å². The van der Waals surface area contributed by atoms with E-state index in [9.17, 15) is 4.79 Å². The number of carbonyl (C=O) groups is 1. The molecule has 3 rings (SSSR count). The summed E-state index contributed by atoms with van der Waals surface area (Å²) >= 11 is 0. The van der Waals surface area contributed by atoms with Crippen LogP contribution >= 0.6 is 0 Å². The Balaban J connectivity index is 1.56. The smallest absolute Gasteiger partial charge is 0.224 e. The van der Waals surface area contributed by atoms with E-state index in [1.165, 1.54) is 5.56 Å². The van der Waals surface area contributed by atoms with Crippen molar-refractivity contribution in [2.45, 2.75) is 19.4 Å². The Bertz CT molecular complexity index is 751. The molecule has 0 aliphatic carbocycles. The average Bonchev–Trinajstić information content (AvgIpc) is 3.07. The molecule has 0 radical (unpaired) electrons. The van der Waals surface area contributed by atoms with Crippen LogP contribution < -0.4 is 5.32 Å². The maximum Gasteiger partial charge on any atom is 0.224 e. The van der Waals surface area contributed by atoms with E-state index in [0.717, 1.165) is 17.7 Å². The van der Waals surface area contributed by atoms with Gasteiger partial charge >= 0.3 is 0 Å². The summed E-state index contributed by atoms with van der Waals surface area (Å²) in [6.07, 6.45) is 4.91. The first-order valence-electron chi connectivity index (χ1n) is 7.70. The fourth-order valence-corrected chi connectivity index (χ4v) is 2.45. The number of amides is 1. The zero-order valence-electron chi connectivity index (χ0n) is 12.9. The number of aryl methyl sites for hydroxylation is 1. The standard InChI is InChI=1S/C19H19N3O/c23-19(11-10-16-6-2-1-3-7-16)21-18-9-4-8-17(14-18)15-22-13-5-12-20-22/h1-9,12-14H,10-11,15H2,(H,21,23). The predicted molar refractivity (Wildman–Crippen MR) is 91.2 cm³/mol. The van der Waals surface area contributed by atoms with E-state index in [4.69, 9.17) is 0 Å². The predicted octanol–water partition coefficient (Wildman–Crippen LogP) is 3.50. The van der Waals surface area contributed by atoms with Gasteiger partial charge in [0.05, 0.1) is 6.54 Å². The van der Waals surface area contributed by atoms with Crippen LogP contribution in [-0.2, 0) is 17.8 Å². The van der Waals surface area contributed by atoms with Crippen LogP contribution in [0.2, 0.25) is 0 Å². The fraction of sp³-hybridized carbons (Fsp3) is 0.158. The van der Waals surface area contributed by atoms with E-state index in [0.29, 0.717) is 13.0 Å². The fourth-order valence-electron chi connectivity index (χ4n) is 2.45. The molecule has 1 amide bonds. The molecule has 0 spiro atoms. The molecule has 1 N–H and O–H groups in total. The van der Waals surface area contributed by atoms with E-state index in [-0.39, 0.29) is 5.91 Å². The van der Waals surface area contributed by atoms with Gasteiger partial charge < -0.3 is 5.32 Å². The van der Waals surface area contributed by atoms with Crippen molar-refractivity contribution in [3.63, 3.8) is 0 Å². The summed E-state index contributed by atoms with van der Waals surface area (Å²) in [7, 11) is 0. The largest absolute Gasteiger partial charge is 0.326 e. The Labute approximate surface area is 135 Å². The van der Waals surface area contributed by atoms with E-state index in [1.54, 1.807) is 6.20 Å². The Kier molecular flexibility index (Phi) is 4.84. The van der Waals surface area contributed by atoms with Gasteiger partial charge in [-0.1, -0.05) is 42.5 Å². The summed E-state index contributed by atoms with van der Waals surface area (Å²) < 4.78 is 1.86. The highest BCUT2D eigenvalue weighted by atomic mass is 16.1. The van der Waals surface area contributed by atoms with Gasteiger partial charge in [0.15, 0.2) is 0 Å². The molecular weight excluding hydrogens is 286 g/mol. The van der Waals surface area contributed by atoms with Gasteiger partial charge in [-0.05, 0) is 35.7 Å². The van der Waals surface area contributed by atoms with Gasteiger partial charge in [-0.15, -0.1) is 0 Å². The molecule has 0 saturated heterocycles. The van der Waals surface area contributed by atoms with Gasteiger partial charge in [0.25, 0.3) is 0 Å². The van der Waals surface area contributed by atoms with Crippen molar-refractivity contribution in [3.8, 4) is 0 Å². The molecule has 1 aromatic heterocycles. The zero-order chi connectivity index (χ0) is 15.9. The quantitative estimate of drug-likeness (QED) is 0.757. The lowest BCUT2D eigenvalue weighted by atomic mass is 10.1. The minimum atomic E-state index is 0.0325. The number of nitrogens with zero attached hydrogens (tertiary/aromatic N) is 2. The number of benzene rings is 2. The van der Waals surface area contributed by atoms with Crippen molar-refractivity contribution in [1.29, 1.82) is 0 Å². The van der Waals surface area contributed by atoms with Crippen LogP contribution in [0.4, 0.5) is 5.69 Å². The summed E-state index contributed by atoms with van der Waals surface area (Å²) in [4.78, 5) is 12.1. The Morgan fingerprint density at radius 3 is 2.61 bits per heavy atom. The molecule has 0 unspecified atom stereocenters. The number of hydrogen-bond donors (Lipinski definition) is 1. The van der Waals surface area contributed by atoms with Crippen molar-refractivity contribution in [2.24, 2.45) is 0 Å². The maximum atomic E-state index is 12.1. The molecule has 0 atom stereocenters. The van der Waals surface area contributed by atoms with E-state index in [1.807, 2.05) is 71.5 Å². The van der Waals surface area contributed by atoms with Crippen LogP contribution in [0.15, 0.2) is 73.1 Å². The number of carbonyl (C=O) groups excluding carboxylic acids is 1. The highest BCUT2D eigenvalue weighted by Gasteiger charge is 2.04. The first-order valence-corrected chi connectivity index (χ1v) is 7.70. The van der Waals surface area contributed by atoms with E-state index in [2.05, 4.69) is 10.4 Å². The lowest BCUT2D eigenvalue weighted by Crippen LogP contribution is -2.12. The summed E-state index contributed by atoms with van der Waals surface area (Å²) in [5, 5.41) is 7.16. The van der Waals surface area contributed by atoms with Crippen molar-refractivity contribution >= 4 is 11.6 Å². The van der Waals surface area contributed by atoms with Crippen LogP contribution in [0.25, 0.3) is 0 Å². The maximum absolute atomic E-state index is 12.1. The van der Waals surface area contributed by atoms with Gasteiger partial charge in [0, 0.05) is 24.5 Å². The number of rotatable bonds is 6. The van der Waals surface area contributed by atoms with Gasteiger partial charge in [0.1, 0.15) is 0 Å². The highest BCUT2D eigenvalue weighted by Crippen LogP contribution is 2.13. The minimum Gasteiger partial charge on any atom is -0.326 e. The van der Waals surface area contributed by atoms with Gasteiger partial charge in [0.2, 0.25) is 5.91 Å². The van der Waals surface area contributed by atoms with Crippen molar-refractivity contribution in [3.05, 3.63) is 84.2 Å². The zero-order valence-corrected chi connectivity index (χ0v) is 12.9. The molecule has 3 aromatic rings. The Morgan fingerprint density at radius 2 is 1.83 bits per heavy atom. The minimum absolute atomic E-state index is 0.0325. The highest BCUT2D eigenvalue weighted by molar-refractivity contribution is 5.90. The SMILES string of the molecule is O=C(CCc1ccccc1)Nc1cccc(Cn2cccn2)c1. The second-order valence-electron chi connectivity index (χ2n) is 5.44. The van der Waals surface area contributed by atoms with Gasteiger partial charge in [-0.25, -0.2) is 0 Å². The van der Waals surface area contributed by atoms with Crippen molar-refractivity contribution in [1.82, 2.24) is 9.78 Å². The van der Waals surface area contributed by atoms with Crippen LogP contribution in [0.3, 0.4) is 0 Å². The third kappa shape index (κ3) is 4.54. The Hall–Kier alpha value is -2.88. The molecular formula is C19H19N3O. The van der Waals surface area contributed by atoms with Gasteiger partial charge in [-0.3, -0.25) is 9.48 Å². The molecule has 0 bridgehead atoms. The molecule has 0 aliphatic rings. The van der Waals surface area contributed by atoms with E-state index < -0.39 is 0 Å². The molecule has 4 heteroatoms. The molecule has 2 aromatic carbocycles. The molecule has 0 saturated carbocycles. The number of anilines is 1. The molecule has 116 valence electrons. The van der Waals surface area contributed by atoms with Crippen LogP contribution in [0.1, 0.15) is 17.5 Å². The molecule has 23 heavy (non-hydrogen) atoms. The second-order valence-corrected chi connectivity index (χ2v) is 5.44. The van der Waals surface area contributed by atoms with Crippen molar-refractivity contribution in [2.75, 3.05) is 5.32 Å². The molecule has 0 aliphatic heterocycles. The summed E-state index contributed by atoms with van der Waals surface area (Å²) in [5.41, 5.74) is 3.11. The lowest BCUT2D eigenvalue weighted by Gasteiger charge is -2.08. The lowest BCUT2D eigenvalue weighted by molar-refractivity contribution is -0.116. The van der Waals surface area contributed by atoms with Crippen LogP contribution in [0.5, 0.6) is 0 Å². The summed E-state index contributed by atoms with van der Waals surface area (Å²) in [6, 6.07) is 19.8. The third-order valence-electron chi connectivity index (χ3n) is 3.60. The molecule has 1 heterocycles. The van der Waals surface area contributed by atoms with E-state index >= 15 is 0 Å². The van der Waals surface area contributed by atoms with Gasteiger partial charge in [-0.2, -0.15) is 5.10 Å². The molecule has 4 nitrogen and oxygen atoms in total. The summed E-state index contributed by atoms with van der Waals surface area (Å²) in [5.74, 6) is 0.0325. The third-order valence-corrected chi connectivity index (χ3v) is 3.60. The number of nitrogens with one attached hydrogen (secondary N) is 1. The average molecular weight is 305 g/mol. The second kappa shape index (κ2) is 7.40. The van der Waals surface area contributed by atoms with Crippen molar-refractivity contribution < 1.29 is 4.79 Å². The summed E-state index contributed by atoms with van der Waals surface area (Å²) in [6.45, 7) is 0.695.